The summed E-state index contributed by atoms with van der Waals surface area (Å²) >= 11 is 4.83. The number of carbonyl (C=O) groups excluding carboxylic acids is 1. The first-order chi connectivity index (χ1) is 10.1. The molecule has 1 saturated carbocycles. The van der Waals surface area contributed by atoms with Crippen molar-refractivity contribution >= 4 is 43.9 Å². The molecular weight excluding hydrogens is 350 g/mol. The molecule has 1 aromatic heterocycles. The van der Waals surface area contributed by atoms with Gasteiger partial charge in [-0.25, -0.2) is 0 Å². The van der Waals surface area contributed by atoms with E-state index in [1.807, 2.05) is 12.1 Å². The normalized spacial score (nSPS) is 14.1. The predicted molar refractivity (Wildman–Crippen MR) is 90.7 cm³/mol. The van der Waals surface area contributed by atoms with Gasteiger partial charge in [0.15, 0.2) is 0 Å². The van der Waals surface area contributed by atoms with E-state index >= 15 is 0 Å². The van der Waals surface area contributed by atoms with Gasteiger partial charge in [0.2, 0.25) is 0 Å². The lowest BCUT2D eigenvalue weighted by molar-refractivity contribution is 0.100. The molecule has 21 heavy (non-hydrogen) atoms. The highest BCUT2D eigenvalue weighted by molar-refractivity contribution is 9.10. The van der Waals surface area contributed by atoms with Crippen molar-refractivity contribution in [2.24, 2.45) is 5.73 Å². The van der Waals surface area contributed by atoms with Crippen LogP contribution in [0.4, 0.5) is 10.7 Å². The summed E-state index contributed by atoms with van der Waals surface area (Å²) in [6, 6.07) is 8.12. The second-order valence-corrected chi connectivity index (χ2v) is 7.15. The SMILES string of the molecule is NC(=O)c1sc(NCc2cccc(Br)c2)c(C2CC2)c1N. The van der Waals surface area contributed by atoms with E-state index in [0.29, 0.717) is 23.0 Å². The zero-order valence-corrected chi connectivity index (χ0v) is 13.8. The molecule has 2 aromatic rings. The molecule has 0 unspecified atom stereocenters. The lowest BCUT2D eigenvalue weighted by Gasteiger charge is -2.08. The summed E-state index contributed by atoms with van der Waals surface area (Å²) in [6.07, 6.45) is 2.26. The van der Waals surface area contributed by atoms with Crippen LogP contribution in [0.1, 0.15) is 39.6 Å². The van der Waals surface area contributed by atoms with Gasteiger partial charge in [-0.15, -0.1) is 11.3 Å². The van der Waals surface area contributed by atoms with Crippen molar-refractivity contribution in [2.45, 2.75) is 25.3 Å². The molecule has 0 radical (unpaired) electrons. The number of thiophene rings is 1. The van der Waals surface area contributed by atoms with Crippen molar-refractivity contribution in [1.82, 2.24) is 0 Å². The third-order valence-electron chi connectivity index (χ3n) is 3.54. The molecule has 0 bridgehead atoms. The fraction of sp³-hybridized carbons (Fsp3) is 0.267. The molecular formula is C15H16BrN3OS. The first kappa shape index (κ1) is 14.4. The number of primary amides is 1. The molecule has 1 aliphatic rings. The lowest BCUT2D eigenvalue weighted by atomic mass is 10.1. The topological polar surface area (TPSA) is 81.1 Å². The van der Waals surface area contributed by atoms with Crippen LogP contribution < -0.4 is 16.8 Å². The van der Waals surface area contributed by atoms with E-state index in [2.05, 4.69) is 33.4 Å². The highest BCUT2D eigenvalue weighted by Crippen LogP contribution is 2.50. The van der Waals surface area contributed by atoms with Crippen molar-refractivity contribution in [3.63, 3.8) is 0 Å². The number of nitrogens with two attached hydrogens (primary N) is 2. The van der Waals surface area contributed by atoms with Crippen molar-refractivity contribution in [3.8, 4) is 0 Å². The van der Waals surface area contributed by atoms with E-state index in [1.54, 1.807) is 0 Å². The van der Waals surface area contributed by atoms with Gasteiger partial charge in [-0.3, -0.25) is 4.79 Å². The number of benzene rings is 1. The first-order valence-corrected chi connectivity index (χ1v) is 8.37. The Kier molecular flexibility index (Phi) is 3.91. The molecule has 110 valence electrons. The van der Waals surface area contributed by atoms with Crippen molar-refractivity contribution in [3.05, 3.63) is 44.7 Å². The molecule has 1 fully saturated rings. The number of carbonyl (C=O) groups is 1. The molecule has 3 rings (SSSR count). The largest absolute Gasteiger partial charge is 0.397 e. The van der Waals surface area contributed by atoms with Gasteiger partial charge in [0.05, 0.1) is 10.7 Å². The number of nitrogen functional groups attached to an aromatic ring is 1. The molecule has 0 atom stereocenters. The summed E-state index contributed by atoms with van der Waals surface area (Å²) in [4.78, 5) is 11.9. The average molecular weight is 366 g/mol. The molecule has 0 aliphatic heterocycles. The maximum atomic E-state index is 11.5. The Morgan fingerprint density at radius 3 is 2.81 bits per heavy atom. The van der Waals surface area contributed by atoms with Crippen LogP contribution in [0.2, 0.25) is 0 Å². The van der Waals surface area contributed by atoms with E-state index in [9.17, 15) is 4.79 Å². The molecule has 0 saturated heterocycles. The smallest absolute Gasteiger partial charge is 0.260 e. The quantitative estimate of drug-likeness (QED) is 0.755. The molecule has 1 aromatic carbocycles. The van der Waals surface area contributed by atoms with Gasteiger partial charge >= 0.3 is 0 Å². The average Bonchev–Trinajstić information content (AvgIpc) is 3.20. The highest BCUT2D eigenvalue weighted by atomic mass is 79.9. The van der Waals surface area contributed by atoms with E-state index < -0.39 is 5.91 Å². The number of anilines is 2. The Labute approximate surface area is 135 Å². The van der Waals surface area contributed by atoms with E-state index in [1.165, 1.54) is 16.9 Å². The molecule has 5 N–H and O–H groups in total. The van der Waals surface area contributed by atoms with Gasteiger partial charge in [-0.2, -0.15) is 0 Å². The van der Waals surface area contributed by atoms with Crippen LogP contribution >= 0.6 is 27.3 Å². The molecule has 6 heteroatoms. The Bertz CT molecular complexity index is 694. The number of amides is 1. The van der Waals surface area contributed by atoms with Gasteiger partial charge in [0.1, 0.15) is 4.88 Å². The van der Waals surface area contributed by atoms with E-state index in [4.69, 9.17) is 11.5 Å². The zero-order valence-electron chi connectivity index (χ0n) is 11.4. The van der Waals surface area contributed by atoms with Crippen LogP contribution in [0.15, 0.2) is 28.7 Å². The van der Waals surface area contributed by atoms with Gasteiger partial charge in [0, 0.05) is 16.6 Å². The second-order valence-electron chi connectivity index (χ2n) is 5.21. The maximum Gasteiger partial charge on any atom is 0.260 e. The Balaban J connectivity index is 1.84. The minimum absolute atomic E-state index is 0.449. The van der Waals surface area contributed by atoms with E-state index in [-0.39, 0.29) is 0 Å². The molecule has 1 heterocycles. The van der Waals surface area contributed by atoms with E-state index in [0.717, 1.165) is 27.9 Å². The van der Waals surface area contributed by atoms with Crippen molar-refractivity contribution in [2.75, 3.05) is 11.1 Å². The van der Waals surface area contributed by atoms with Gasteiger partial charge < -0.3 is 16.8 Å². The van der Waals surface area contributed by atoms with Crippen LogP contribution in [0, 0.1) is 0 Å². The summed E-state index contributed by atoms with van der Waals surface area (Å²) in [5.41, 5.74) is 14.3. The maximum absolute atomic E-state index is 11.5. The number of hydrogen-bond acceptors (Lipinski definition) is 4. The minimum atomic E-state index is -0.449. The highest BCUT2D eigenvalue weighted by Gasteiger charge is 2.32. The van der Waals surface area contributed by atoms with Crippen molar-refractivity contribution < 1.29 is 4.79 Å². The second kappa shape index (κ2) is 5.69. The first-order valence-electron chi connectivity index (χ1n) is 6.76. The summed E-state index contributed by atoms with van der Waals surface area (Å²) in [5, 5.41) is 4.38. The van der Waals surface area contributed by atoms with Gasteiger partial charge in [-0.1, -0.05) is 28.1 Å². The number of hydrogen-bond donors (Lipinski definition) is 3. The van der Waals surface area contributed by atoms with Gasteiger partial charge in [0.25, 0.3) is 5.91 Å². The number of nitrogens with one attached hydrogen (secondary N) is 1. The van der Waals surface area contributed by atoms with Crippen LogP contribution in [-0.2, 0) is 6.54 Å². The summed E-state index contributed by atoms with van der Waals surface area (Å²) < 4.78 is 1.05. The Hall–Kier alpha value is -1.53. The molecule has 1 aliphatic carbocycles. The number of halogens is 1. The van der Waals surface area contributed by atoms with Gasteiger partial charge in [-0.05, 0) is 36.5 Å². The van der Waals surface area contributed by atoms with Crippen LogP contribution in [0.25, 0.3) is 0 Å². The van der Waals surface area contributed by atoms with Crippen molar-refractivity contribution in [1.29, 1.82) is 0 Å². The molecule has 1 amide bonds. The third kappa shape index (κ3) is 3.06. The summed E-state index contributed by atoms with van der Waals surface area (Å²) in [6.45, 7) is 0.692. The summed E-state index contributed by atoms with van der Waals surface area (Å²) in [5.74, 6) is 0.0225. The fourth-order valence-corrected chi connectivity index (χ4v) is 3.88. The lowest BCUT2D eigenvalue weighted by Crippen LogP contribution is -2.11. The van der Waals surface area contributed by atoms with Crippen LogP contribution in [0.3, 0.4) is 0 Å². The standard InChI is InChI=1S/C15H16BrN3OS/c16-10-3-1-2-8(6-10)7-19-15-11(9-4-5-9)12(17)13(21-15)14(18)20/h1-3,6,9,19H,4-5,7,17H2,(H2,18,20). The third-order valence-corrected chi connectivity index (χ3v) is 5.22. The Morgan fingerprint density at radius 2 is 2.19 bits per heavy atom. The monoisotopic (exact) mass is 365 g/mol. The van der Waals surface area contributed by atoms with Crippen LogP contribution in [0.5, 0.6) is 0 Å². The minimum Gasteiger partial charge on any atom is -0.397 e. The predicted octanol–water partition coefficient (Wildman–Crippen LogP) is 3.68. The fourth-order valence-electron chi connectivity index (χ4n) is 2.38. The van der Waals surface area contributed by atoms with Crippen LogP contribution in [-0.4, -0.2) is 5.91 Å². The zero-order chi connectivity index (χ0) is 15.0. The molecule has 0 spiro atoms. The molecule has 4 nitrogen and oxygen atoms in total. The number of rotatable bonds is 5. The summed E-state index contributed by atoms with van der Waals surface area (Å²) in [7, 11) is 0. The Morgan fingerprint density at radius 1 is 1.43 bits per heavy atom.